The van der Waals surface area contributed by atoms with Gasteiger partial charge in [0.1, 0.15) is 11.9 Å². The zero-order chi connectivity index (χ0) is 17.2. The standard InChI is InChI=1S/C17H15ClN4O3/c18-12-5-3-11(4-6-12)15-9-22-14(10-25-15)16(20-21-22)17(23)19-8-13-2-1-7-24-13/h1-7,15H,8-10H2,(H,19,23)/t15-/m1/s1. The average Bonchev–Trinajstić information content (AvgIpc) is 3.29. The minimum absolute atomic E-state index is 0.148. The van der Waals surface area contributed by atoms with E-state index in [1.807, 2.05) is 24.3 Å². The second-order valence-corrected chi connectivity index (χ2v) is 6.12. The van der Waals surface area contributed by atoms with Crippen LogP contribution in [-0.4, -0.2) is 20.9 Å². The lowest BCUT2D eigenvalue weighted by molar-refractivity contribution is -0.00177. The topological polar surface area (TPSA) is 82.2 Å². The molecule has 25 heavy (non-hydrogen) atoms. The van der Waals surface area contributed by atoms with E-state index in [1.165, 1.54) is 0 Å². The lowest BCUT2D eigenvalue weighted by atomic mass is 10.1. The molecule has 0 aliphatic carbocycles. The van der Waals surface area contributed by atoms with Gasteiger partial charge in [-0.2, -0.15) is 0 Å². The van der Waals surface area contributed by atoms with Crippen LogP contribution in [0.3, 0.4) is 0 Å². The van der Waals surface area contributed by atoms with Crippen molar-refractivity contribution in [2.75, 3.05) is 0 Å². The van der Waals surface area contributed by atoms with Crippen molar-refractivity contribution in [2.45, 2.75) is 25.8 Å². The number of aromatic nitrogens is 3. The quantitative estimate of drug-likeness (QED) is 0.775. The third-order valence-corrected chi connectivity index (χ3v) is 4.31. The van der Waals surface area contributed by atoms with Gasteiger partial charge >= 0.3 is 0 Å². The van der Waals surface area contributed by atoms with Gasteiger partial charge in [-0.25, -0.2) is 4.68 Å². The Morgan fingerprint density at radius 3 is 2.92 bits per heavy atom. The third-order valence-electron chi connectivity index (χ3n) is 4.06. The minimum Gasteiger partial charge on any atom is -0.467 e. The lowest BCUT2D eigenvalue weighted by Gasteiger charge is -2.24. The van der Waals surface area contributed by atoms with Gasteiger partial charge in [-0.1, -0.05) is 28.9 Å². The number of furan rings is 1. The highest BCUT2D eigenvalue weighted by molar-refractivity contribution is 6.30. The Hall–Kier alpha value is -2.64. The van der Waals surface area contributed by atoms with Gasteiger partial charge in [-0.3, -0.25) is 4.79 Å². The second-order valence-electron chi connectivity index (χ2n) is 5.68. The molecule has 1 N–H and O–H groups in total. The van der Waals surface area contributed by atoms with Gasteiger partial charge in [0.15, 0.2) is 5.69 Å². The van der Waals surface area contributed by atoms with Crippen LogP contribution < -0.4 is 5.32 Å². The predicted molar refractivity (Wildman–Crippen MR) is 88.9 cm³/mol. The van der Waals surface area contributed by atoms with Gasteiger partial charge in [0.05, 0.1) is 31.7 Å². The van der Waals surface area contributed by atoms with E-state index in [4.69, 9.17) is 20.8 Å². The van der Waals surface area contributed by atoms with Gasteiger partial charge in [0.25, 0.3) is 5.91 Å². The second kappa shape index (κ2) is 6.70. The number of ether oxygens (including phenoxy) is 1. The molecule has 0 saturated carbocycles. The van der Waals surface area contributed by atoms with Crippen molar-refractivity contribution in [3.63, 3.8) is 0 Å². The van der Waals surface area contributed by atoms with Crippen LogP contribution in [0.5, 0.6) is 0 Å². The molecule has 3 aromatic rings. The summed E-state index contributed by atoms with van der Waals surface area (Å²) in [6, 6.07) is 11.1. The molecule has 128 valence electrons. The van der Waals surface area contributed by atoms with Crippen molar-refractivity contribution in [3.8, 4) is 0 Å². The Morgan fingerprint density at radius 2 is 2.16 bits per heavy atom. The Balaban J connectivity index is 1.46. The van der Waals surface area contributed by atoms with Crippen LogP contribution in [-0.2, 0) is 24.4 Å². The molecule has 0 saturated heterocycles. The van der Waals surface area contributed by atoms with Crippen molar-refractivity contribution >= 4 is 17.5 Å². The zero-order valence-electron chi connectivity index (χ0n) is 13.2. The first-order valence-electron chi connectivity index (χ1n) is 7.81. The average molecular weight is 359 g/mol. The van der Waals surface area contributed by atoms with E-state index in [0.717, 1.165) is 5.56 Å². The van der Waals surface area contributed by atoms with Crippen LogP contribution in [0.25, 0.3) is 0 Å². The summed E-state index contributed by atoms with van der Waals surface area (Å²) in [7, 11) is 0. The summed E-state index contributed by atoms with van der Waals surface area (Å²) in [4.78, 5) is 12.3. The SMILES string of the molecule is O=C(NCc1ccco1)c1nnn2c1CO[C@@H](c1ccc(Cl)cc1)C2. The van der Waals surface area contributed by atoms with E-state index in [1.54, 1.807) is 23.1 Å². The third kappa shape index (κ3) is 3.29. The summed E-state index contributed by atoms with van der Waals surface area (Å²) in [6.45, 7) is 1.06. The number of nitrogens with one attached hydrogen (secondary N) is 1. The van der Waals surface area contributed by atoms with Crippen LogP contribution in [0.1, 0.15) is 33.6 Å². The highest BCUT2D eigenvalue weighted by atomic mass is 35.5. The summed E-state index contributed by atoms with van der Waals surface area (Å²) in [5, 5.41) is 11.5. The maximum absolute atomic E-state index is 12.3. The van der Waals surface area contributed by atoms with Crippen LogP contribution in [0.15, 0.2) is 47.1 Å². The number of benzene rings is 1. The molecule has 1 aliphatic rings. The lowest BCUT2D eigenvalue weighted by Crippen LogP contribution is -2.27. The fourth-order valence-corrected chi connectivity index (χ4v) is 2.86. The summed E-state index contributed by atoms with van der Waals surface area (Å²) in [5.41, 5.74) is 1.96. The molecular formula is C17H15ClN4O3. The molecule has 0 spiro atoms. The normalized spacial score (nSPS) is 16.4. The monoisotopic (exact) mass is 358 g/mol. The highest BCUT2D eigenvalue weighted by Gasteiger charge is 2.27. The number of halogens is 1. The maximum Gasteiger partial charge on any atom is 0.274 e. The molecular weight excluding hydrogens is 344 g/mol. The number of carbonyl (C=O) groups is 1. The van der Waals surface area contributed by atoms with E-state index < -0.39 is 0 Å². The summed E-state index contributed by atoms with van der Waals surface area (Å²) in [5.74, 6) is 0.375. The largest absolute Gasteiger partial charge is 0.467 e. The summed E-state index contributed by atoms with van der Waals surface area (Å²) >= 11 is 5.92. The van der Waals surface area contributed by atoms with Crippen LogP contribution in [0.2, 0.25) is 5.02 Å². The van der Waals surface area contributed by atoms with E-state index >= 15 is 0 Å². The van der Waals surface area contributed by atoms with Gasteiger partial charge < -0.3 is 14.5 Å². The van der Waals surface area contributed by atoms with Crippen LogP contribution in [0.4, 0.5) is 0 Å². The Morgan fingerprint density at radius 1 is 1.32 bits per heavy atom. The molecule has 0 bridgehead atoms. The van der Waals surface area contributed by atoms with Crippen molar-refractivity contribution < 1.29 is 13.9 Å². The number of rotatable bonds is 4. The first-order chi connectivity index (χ1) is 12.2. The van der Waals surface area contributed by atoms with E-state index in [0.29, 0.717) is 29.6 Å². The minimum atomic E-state index is -0.300. The molecule has 0 fully saturated rings. The van der Waals surface area contributed by atoms with Crippen LogP contribution in [0, 0.1) is 0 Å². The van der Waals surface area contributed by atoms with E-state index in [-0.39, 0.29) is 24.3 Å². The molecule has 0 unspecified atom stereocenters. The van der Waals surface area contributed by atoms with Gasteiger partial charge in [-0.15, -0.1) is 5.10 Å². The molecule has 1 amide bonds. The number of hydrogen-bond donors (Lipinski definition) is 1. The highest BCUT2D eigenvalue weighted by Crippen LogP contribution is 2.27. The van der Waals surface area contributed by atoms with Crippen LogP contribution >= 0.6 is 11.6 Å². The molecule has 0 radical (unpaired) electrons. The number of carbonyl (C=O) groups excluding carboxylic acids is 1. The van der Waals surface area contributed by atoms with Gasteiger partial charge in [0, 0.05) is 5.02 Å². The van der Waals surface area contributed by atoms with Crippen molar-refractivity contribution in [2.24, 2.45) is 0 Å². The first-order valence-corrected chi connectivity index (χ1v) is 8.18. The molecule has 1 aliphatic heterocycles. The van der Waals surface area contributed by atoms with E-state index in [9.17, 15) is 4.79 Å². The Bertz CT molecular complexity index is 874. The summed E-state index contributed by atoms with van der Waals surface area (Å²) < 4.78 is 12.8. The fourth-order valence-electron chi connectivity index (χ4n) is 2.73. The molecule has 1 atom stereocenters. The predicted octanol–water partition coefficient (Wildman–Crippen LogP) is 2.73. The molecule has 3 heterocycles. The smallest absolute Gasteiger partial charge is 0.274 e. The Labute approximate surface area is 148 Å². The number of hydrogen-bond acceptors (Lipinski definition) is 5. The Kier molecular flexibility index (Phi) is 4.25. The molecule has 2 aromatic heterocycles. The van der Waals surface area contributed by atoms with Gasteiger partial charge in [0.2, 0.25) is 0 Å². The number of nitrogens with zero attached hydrogens (tertiary/aromatic N) is 3. The maximum atomic E-state index is 12.3. The first kappa shape index (κ1) is 15.9. The van der Waals surface area contributed by atoms with Crippen molar-refractivity contribution in [3.05, 3.63) is 70.4 Å². The van der Waals surface area contributed by atoms with E-state index in [2.05, 4.69) is 15.6 Å². The number of fused-ring (bicyclic) bond motifs is 1. The molecule has 4 rings (SSSR count). The fraction of sp³-hybridized carbons (Fsp3) is 0.235. The molecule has 7 nitrogen and oxygen atoms in total. The molecule has 1 aromatic carbocycles. The van der Waals surface area contributed by atoms with Crippen molar-refractivity contribution in [1.29, 1.82) is 0 Å². The van der Waals surface area contributed by atoms with Gasteiger partial charge in [-0.05, 0) is 29.8 Å². The summed E-state index contributed by atoms with van der Waals surface area (Å²) in [6.07, 6.45) is 1.41. The van der Waals surface area contributed by atoms with Crippen molar-refractivity contribution in [1.82, 2.24) is 20.3 Å². The zero-order valence-corrected chi connectivity index (χ0v) is 13.9. The number of amides is 1. The molecule has 8 heteroatoms.